The summed E-state index contributed by atoms with van der Waals surface area (Å²) >= 11 is 0. The molecule has 0 aliphatic carbocycles. The molecule has 0 spiro atoms. The van der Waals surface area contributed by atoms with Crippen molar-refractivity contribution in [3.8, 4) is 5.63 Å². The Balaban J connectivity index is 3.91. The van der Waals surface area contributed by atoms with Gasteiger partial charge in [-0.15, -0.1) is 0 Å². The molecule has 0 aromatic heterocycles. The third kappa shape index (κ3) is 3.29. The summed E-state index contributed by atoms with van der Waals surface area (Å²) in [7, 11) is 1.41. The van der Waals surface area contributed by atoms with Gasteiger partial charge in [0.2, 0.25) is 0 Å². The van der Waals surface area contributed by atoms with Crippen molar-refractivity contribution in [1.29, 1.82) is 0 Å². The van der Waals surface area contributed by atoms with Gasteiger partial charge in [0.05, 0.1) is 0 Å². The van der Waals surface area contributed by atoms with Crippen LogP contribution >= 0.6 is 7.92 Å². The summed E-state index contributed by atoms with van der Waals surface area (Å²) in [4.78, 5) is 12.0. The molecule has 0 radical (unpaired) electrons. The van der Waals surface area contributed by atoms with Gasteiger partial charge >= 0.3 is 60.0 Å². The van der Waals surface area contributed by atoms with Crippen LogP contribution < -0.4 is 0 Å². The number of nitrogens with zero attached hydrogens (tertiary/aromatic N) is 1. The quantitative estimate of drug-likeness (QED) is 0.440. The van der Waals surface area contributed by atoms with Gasteiger partial charge in [0.15, 0.2) is 0 Å². The molecule has 1 amide bonds. The predicted octanol–water partition coefficient (Wildman–Crippen LogP) is 0.882. The second-order valence-electron chi connectivity index (χ2n) is 1.65. The average molecular weight is 157 g/mol. The fourth-order valence-electron chi connectivity index (χ4n) is 0.369. The van der Waals surface area contributed by atoms with Crippen molar-refractivity contribution in [2.24, 2.45) is 0 Å². The minimum atomic E-state index is -0.198. The van der Waals surface area contributed by atoms with E-state index in [4.69, 9.17) is 0 Å². The summed E-state index contributed by atoms with van der Waals surface area (Å²) in [6.07, 6.45) is 1.20. The zero-order valence-corrected chi connectivity index (χ0v) is 6.60. The molecule has 0 rings (SSSR count). The normalized spacial score (nSPS) is 7.70. The molecular weight excluding hydrogens is 149 g/mol. The fraction of sp³-hybridized carbons (Fsp3) is 0.333. The number of hydrogen-bond acceptors (Lipinski definition) is 2. The Morgan fingerprint density at radius 3 is 2.90 bits per heavy atom. The second-order valence-corrected chi connectivity index (χ2v) is 2.15. The van der Waals surface area contributed by atoms with Crippen LogP contribution in [0.15, 0.2) is 12.7 Å². The zero-order valence-electron chi connectivity index (χ0n) is 5.70. The molecule has 0 aromatic carbocycles. The van der Waals surface area contributed by atoms with E-state index in [0.717, 1.165) is 0 Å². The van der Waals surface area contributed by atoms with Crippen LogP contribution in [0, 0.1) is 5.63 Å². The molecule has 0 atom stereocenters. The van der Waals surface area contributed by atoms with Crippen LogP contribution in [0.1, 0.15) is 0 Å². The fourth-order valence-corrected chi connectivity index (χ4v) is 0.639. The molecule has 0 aromatic rings. The van der Waals surface area contributed by atoms with Gasteiger partial charge in [-0.2, -0.15) is 0 Å². The molecule has 0 N–H and O–H groups in total. The third-order valence-electron chi connectivity index (χ3n) is 0.923. The van der Waals surface area contributed by atoms with Gasteiger partial charge in [-0.05, 0) is 0 Å². The van der Waals surface area contributed by atoms with Crippen molar-refractivity contribution < 1.29 is 9.36 Å². The van der Waals surface area contributed by atoms with E-state index < -0.39 is 0 Å². The van der Waals surface area contributed by atoms with Crippen LogP contribution in [-0.4, -0.2) is 24.4 Å². The van der Waals surface area contributed by atoms with Gasteiger partial charge in [0.25, 0.3) is 0 Å². The van der Waals surface area contributed by atoms with E-state index in [1.54, 1.807) is 7.05 Å². The Labute approximate surface area is 60.8 Å². The molecular formula is C6H8NO2P. The summed E-state index contributed by atoms with van der Waals surface area (Å²) in [5.41, 5.74) is 2.44. The molecule has 0 saturated heterocycles. The number of rotatable bonds is 2. The molecule has 0 bridgehead atoms. The molecule has 54 valence electrons. The van der Waals surface area contributed by atoms with Gasteiger partial charge < -0.3 is 0 Å². The average Bonchev–Trinajstić information content (AvgIpc) is 1.98. The van der Waals surface area contributed by atoms with Crippen molar-refractivity contribution in [2.45, 2.75) is 0 Å². The van der Waals surface area contributed by atoms with Crippen LogP contribution in [0.25, 0.3) is 0 Å². The first-order chi connectivity index (χ1) is 4.72. The monoisotopic (exact) mass is 157 g/mol. The summed E-state index contributed by atoms with van der Waals surface area (Å²) in [6, 6.07) is 0. The van der Waals surface area contributed by atoms with E-state index in [1.807, 2.05) is 0 Å². The second kappa shape index (κ2) is 5.04. The topological polar surface area (TPSA) is 37.4 Å². The van der Waals surface area contributed by atoms with Gasteiger partial charge in [-0.1, -0.05) is 0 Å². The first-order valence-electron chi connectivity index (χ1n) is 2.65. The number of amides is 1. The Hall–Kier alpha value is -0.780. The number of hydrogen-bond donors (Lipinski definition) is 0. The van der Waals surface area contributed by atoms with E-state index in [-0.39, 0.29) is 20.4 Å². The summed E-state index contributed by atoms with van der Waals surface area (Å²) in [5, 5.41) is 0. The van der Waals surface area contributed by atoms with Crippen LogP contribution in [0.4, 0.5) is 0 Å². The number of likely N-dealkylation sites (N-methyl/N-ethyl adjacent to an activating group) is 1. The SMILES string of the molecule is C=CC(=O)N(C)CC#P=O. The van der Waals surface area contributed by atoms with E-state index in [9.17, 15) is 9.36 Å². The Bertz CT molecular complexity index is 229. The first-order valence-corrected chi connectivity index (χ1v) is 3.46. The summed E-state index contributed by atoms with van der Waals surface area (Å²) in [5.74, 6) is -0.198. The molecule has 0 heterocycles. The number of carbonyl (C=O) groups excluding carboxylic acids is 1. The molecule has 0 aliphatic rings. The van der Waals surface area contributed by atoms with Crippen molar-refractivity contribution in [2.75, 3.05) is 13.6 Å². The predicted molar refractivity (Wildman–Crippen MR) is 39.3 cm³/mol. The van der Waals surface area contributed by atoms with Crippen LogP contribution in [0.3, 0.4) is 0 Å². The zero-order chi connectivity index (χ0) is 7.98. The van der Waals surface area contributed by atoms with E-state index in [0.29, 0.717) is 0 Å². The van der Waals surface area contributed by atoms with Gasteiger partial charge in [-0.3, -0.25) is 0 Å². The molecule has 4 heteroatoms. The van der Waals surface area contributed by atoms with E-state index in [1.165, 1.54) is 11.0 Å². The van der Waals surface area contributed by atoms with Crippen LogP contribution in [0.5, 0.6) is 0 Å². The van der Waals surface area contributed by atoms with Gasteiger partial charge in [0.1, 0.15) is 0 Å². The van der Waals surface area contributed by atoms with E-state index >= 15 is 0 Å². The van der Waals surface area contributed by atoms with Crippen molar-refractivity contribution in [3.05, 3.63) is 12.7 Å². The minimum absolute atomic E-state index is 0.177. The number of carbonyl (C=O) groups is 1. The van der Waals surface area contributed by atoms with Gasteiger partial charge in [0, 0.05) is 0 Å². The van der Waals surface area contributed by atoms with Crippen molar-refractivity contribution >= 4 is 13.8 Å². The van der Waals surface area contributed by atoms with Crippen molar-refractivity contribution in [3.63, 3.8) is 0 Å². The molecule has 0 unspecified atom stereocenters. The van der Waals surface area contributed by atoms with Crippen molar-refractivity contribution in [1.82, 2.24) is 4.90 Å². The van der Waals surface area contributed by atoms with E-state index in [2.05, 4.69) is 12.2 Å². The Morgan fingerprint density at radius 2 is 2.50 bits per heavy atom. The molecule has 0 aliphatic heterocycles. The molecule has 10 heavy (non-hydrogen) atoms. The summed E-state index contributed by atoms with van der Waals surface area (Å²) in [6.45, 7) is 3.55. The first kappa shape index (κ1) is 9.22. The van der Waals surface area contributed by atoms with Crippen LogP contribution in [-0.2, 0) is 9.36 Å². The molecule has 3 nitrogen and oxygen atoms in total. The van der Waals surface area contributed by atoms with Gasteiger partial charge in [-0.25, -0.2) is 0 Å². The Morgan fingerprint density at radius 1 is 1.90 bits per heavy atom. The standard InChI is InChI=1S/C6H8NO2P/c1-3-6(8)7(2)4-5-10-9/h3H,1,4H2,2H3. The summed E-state index contributed by atoms with van der Waals surface area (Å²) < 4.78 is 9.84. The maximum atomic E-state index is 10.7. The Kier molecular flexibility index (Phi) is 4.65. The molecule has 0 saturated carbocycles. The van der Waals surface area contributed by atoms with Crippen LogP contribution in [0.2, 0.25) is 0 Å². The maximum absolute atomic E-state index is 10.7. The third-order valence-corrected chi connectivity index (χ3v) is 1.19. The molecule has 0 fully saturated rings.